The van der Waals surface area contributed by atoms with Gasteiger partial charge < -0.3 is 4.90 Å². The minimum absolute atomic E-state index is 0.481. The summed E-state index contributed by atoms with van der Waals surface area (Å²) >= 11 is 0. The second kappa shape index (κ2) is 6.82. The molecule has 8 heteroatoms. The van der Waals surface area contributed by atoms with Gasteiger partial charge in [0.25, 0.3) is 0 Å². The fraction of sp³-hybridized carbons (Fsp3) is 0.438. The Labute approximate surface area is 142 Å². The number of pyridine rings is 1. The molecule has 128 valence electrons. The van der Waals surface area contributed by atoms with Gasteiger partial charge >= 0.3 is 0 Å². The monoisotopic (exact) mass is 347 g/mol. The van der Waals surface area contributed by atoms with E-state index in [1.807, 2.05) is 18.2 Å². The van der Waals surface area contributed by atoms with Crippen molar-refractivity contribution >= 4 is 15.8 Å². The Bertz CT molecular complexity index is 802. The van der Waals surface area contributed by atoms with E-state index >= 15 is 0 Å². The summed E-state index contributed by atoms with van der Waals surface area (Å²) in [5.41, 5.74) is 1.90. The van der Waals surface area contributed by atoms with Crippen molar-refractivity contribution < 1.29 is 8.42 Å². The molecule has 0 aromatic carbocycles. The highest BCUT2D eigenvalue weighted by Gasteiger charge is 2.24. The minimum atomic E-state index is -3.13. The van der Waals surface area contributed by atoms with Crippen LogP contribution in [0.5, 0.6) is 0 Å². The summed E-state index contributed by atoms with van der Waals surface area (Å²) < 4.78 is 24.8. The first-order chi connectivity index (χ1) is 11.5. The average molecular weight is 347 g/mol. The minimum Gasteiger partial charge on any atom is -0.354 e. The van der Waals surface area contributed by atoms with Crippen LogP contribution in [0.15, 0.2) is 30.6 Å². The van der Waals surface area contributed by atoms with E-state index in [0.29, 0.717) is 32.0 Å². The van der Waals surface area contributed by atoms with Crippen LogP contribution in [0.4, 0.5) is 5.82 Å². The number of anilines is 1. The SMILES string of the molecule is CCc1cc(N2CCN(S(C)(=O)=O)CC2)nc(-c2ccncc2)n1. The summed E-state index contributed by atoms with van der Waals surface area (Å²) in [7, 11) is -3.13. The highest BCUT2D eigenvalue weighted by atomic mass is 32.2. The molecule has 2 aromatic rings. The van der Waals surface area contributed by atoms with Crippen molar-refractivity contribution in [3.05, 3.63) is 36.3 Å². The fourth-order valence-corrected chi connectivity index (χ4v) is 3.53. The van der Waals surface area contributed by atoms with Gasteiger partial charge in [-0.2, -0.15) is 4.31 Å². The number of piperazine rings is 1. The maximum absolute atomic E-state index is 11.6. The van der Waals surface area contributed by atoms with Crippen LogP contribution in [0, 0.1) is 0 Å². The summed E-state index contributed by atoms with van der Waals surface area (Å²) in [6.45, 7) is 4.28. The van der Waals surface area contributed by atoms with E-state index in [4.69, 9.17) is 0 Å². The first-order valence-electron chi connectivity index (χ1n) is 7.96. The summed E-state index contributed by atoms with van der Waals surface area (Å²) in [5, 5.41) is 0. The molecule has 1 aliphatic rings. The Morgan fingerprint density at radius 3 is 2.33 bits per heavy atom. The summed E-state index contributed by atoms with van der Waals surface area (Å²) in [6, 6.07) is 5.76. The maximum Gasteiger partial charge on any atom is 0.211 e. The molecule has 0 amide bonds. The van der Waals surface area contributed by atoms with Crippen molar-refractivity contribution in [3.8, 4) is 11.4 Å². The summed E-state index contributed by atoms with van der Waals surface area (Å²) in [6.07, 6.45) is 5.52. The quantitative estimate of drug-likeness (QED) is 0.826. The van der Waals surface area contributed by atoms with Crippen LogP contribution in [-0.2, 0) is 16.4 Å². The predicted octanol–water partition coefficient (Wildman–Crippen LogP) is 1.18. The molecule has 7 nitrogen and oxygen atoms in total. The lowest BCUT2D eigenvalue weighted by Gasteiger charge is -2.34. The lowest BCUT2D eigenvalue weighted by molar-refractivity contribution is 0.387. The third kappa shape index (κ3) is 3.70. The second-order valence-electron chi connectivity index (χ2n) is 5.78. The third-order valence-corrected chi connectivity index (χ3v) is 5.40. The molecule has 3 heterocycles. The lowest BCUT2D eigenvalue weighted by Crippen LogP contribution is -2.48. The lowest BCUT2D eigenvalue weighted by atomic mass is 10.2. The maximum atomic E-state index is 11.6. The van der Waals surface area contributed by atoms with Crippen molar-refractivity contribution in [1.82, 2.24) is 19.3 Å². The van der Waals surface area contributed by atoms with Crippen LogP contribution >= 0.6 is 0 Å². The van der Waals surface area contributed by atoms with Crippen LogP contribution in [0.2, 0.25) is 0 Å². The topological polar surface area (TPSA) is 79.3 Å². The number of sulfonamides is 1. The Morgan fingerprint density at radius 2 is 1.75 bits per heavy atom. The molecule has 0 spiro atoms. The number of aromatic nitrogens is 3. The number of rotatable bonds is 4. The number of aryl methyl sites for hydroxylation is 1. The fourth-order valence-electron chi connectivity index (χ4n) is 2.71. The van der Waals surface area contributed by atoms with Gasteiger partial charge in [0.1, 0.15) is 5.82 Å². The number of hydrogen-bond donors (Lipinski definition) is 0. The van der Waals surface area contributed by atoms with E-state index < -0.39 is 10.0 Å². The molecule has 3 rings (SSSR count). The first kappa shape index (κ1) is 16.8. The zero-order valence-electron chi connectivity index (χ0n) is 13.9. The molecular formula is C16H21N5O2S. The third-order valence-electron chi connectivity index (χ3n) is 4.10. The largest absolute Gasteiger partial charge is 0.354 e. The molecule has 0 atom stereocenters. The number of nitrogens with zero attached hydrogens (tertiary/aromatic N) is 5. The smallest absolute Gasteiger partial charge is 0.211 e. The van der Waals surface area contributed by atoms with Crippen LogP contribution < -0.4 is 4.90 Å². The van der Waals surface area contributed by atoms with Crippen molar-refractivity contribution in [3.63, 3.8) is 0 Å². The normalized spacial score (nSPS) is 16.3. The molecule has 24 heavy (non-hydrogen) atoms. The van der Waals surface area contributed by atoms with Gasteiger partial charge in [-0.1, -0.05) is 6.92 Å². The molecule has 2 aromatic heterocycles. The molecule has 1 saturated heterocycles. The highest BCUT2D eigenvalue weighted by molar-refractivity contribution is 7.88. The zero-order valence-corrected chi connectivity index (χ0v) is 14.7. The Hall–Kier alpha value is -2.06. The summed E-state index contributed by atoms with van der Waals surface area (Å²) in [5.74, 6) is 1.53. The standard InChI is InChI=1S/C16H21N5O2S/c1-3-14-12-15(19-16(18-14)13-4-6-17-7-5-13)20-8-10-21(11-9-20)24(2,22)23/h4-7,12H,3,8-11H2,1-2H3. The van der Waals surface area contributed by atoms with Gasteiger partial charge in [0.2, 0.25) is 10.0 Å². The molecular weight excluding hydrogens is 326 g/mol. The van der Waals surface area contributed by atoms with E-state index in [-0.39, 0.29) is 0 Å². The summed E-state index contributed by atoms with van der Waals surface area (Å²) in [4.78, 5) is 15.4. The Balaban J connectivity index is 1.86. The van der Waals surface area contributed by atoms with E-state index in [9.17, 15) is 8.42 Å². The van der Waals surface area contributed by atoms with Gasteiger partial charge in [-0.3, -0.25) is 4.98 Å². The molecule has 1 aliphatic heterocycles. The van der Waals surface area contributed by atoms with Crippen LogP contribution in [0.25, 0.3) is 11.4 Å². The molecule has 0 aliphatic carbocycles. The predicted molar refractivity (Wildman–Crippen MR) is 93.3 cm³/mol. The highest BCUT2D eigenvalue weighted by Crippen LogP contribution is 2.21. The van der Waals surface area contributed by atoms with E-state index in [0.717, 1.165) is 23.5 Å². The first-order valence-corrected chi connectivity index (χ1v) is 9.80. The van der Waals surface area contributed by atoms with Gasteiger partial charge in [0.05, 0.1) is 6.26 Å². The molecule has 0 unspecified atom stereocenters. The number of hydrogen-bond acceptors (Lipinski definition) is 6. The van der Waals surface area contributed by atoms with Crippen molar-refractivity contribution in [2.75, 3.05) is 37.3 Å². The van der Waals surface area contributed by atoms with Gasteiger partial charge in [0.15, 0.2) is 5.82 Å². The zero-order chi connectivity index (χ0) is 17.2. The molecule has 0 saturated carbocycles. The van der Waals surface area contributed by atoms with Crippen molar-refractivity contribution in [1.29, 1.82) is 0 Å². The molecule has 0 radical (unpaired) electrons. The Morgan fingerprint density at radius 1 is 1.08 bits per heavy atom. The molecule has 0 N–H and O–H groups in total. The van der Waals surface area contributed by atoms with Crippen molar-refractivity contribution in [2.45, 2.75) is 13.3 Å². The van der Waals surface area contributed by atoms with E-state index in [1.54, 1.807) is 12.4 Å². The van der Waals surface area contributed by atoms with Crippen LogP contribution in [0.3, 0.4) is 0 Å². The van der Waals surface area contributed by atoms with Gasteiger partial charge in [-0.05, 0) is 18.6 Å². The Kier molecular flexibility index (Phi) is 4.77. The van der Waals surface area contributed by atoms with E-state index in [2.05, 4.69) is 26.8 Å². The van der Waals surface area contributed by atoms with Gasteiger partial charge in [-0.15, -0.1) is 0 Å². The second-order valence-corrected chi connectivity index (χ2v) is 7.76. The van der Waals surface area contributed by atoms with Gasteiger partial charge in [0, 0.05) is 55.9 Å². The van der Waals surface area contributed by atoms with E-state index in [1.165, 1.54) is 10.6 Å². The van der Waals surface area contributed by atoms with Crippen LogP contribution in [-0.4, -0.2) is 60.1 Å². The molecule has 1 fully saturated rings. The van der Waals surface area contributed by atoms with Gasteiger partial charge in [-0.25, -0.2) is 18.4 Å². The van der Waals surface area contributed by atoms with Crippen LogP contribution in [0.1, 0.15) is 12.6 Å². The van der Waals surface area contributed by atoms with Crippen molar-refractivity contribution in [2.24, 2.45) is 0 Å². The average Bonchev–Trinajstić information content (AvgIpc) is 2.61. The molecule has 0 bridgehead atoms.